The highest BCUT2D eigenvalue weighted by Crippen LogP contribution is 2.19. The van der Waals surface area contributed by atoms with Crippen molar-refractivity contribution in [3.8, 4) is 0 Å². The van der Waals surface area contributed by atoms with Gasteiger partial charge in [-0.05, 0) is 36.6 Å². The highest BCUT2D eigenvalue weighted by molar-refractivity contribution is 6.32. The van der Waals surface area contributed by atoms with Crippen molar-refractivity contribution in [2.24, 2.45) is 0 Å². The standard InChI is InChI=1S/C17H18ClFN2O4.C4H9NO/c1-2-25-17(24)16(23)20-9-11-5-6-21(15(22)8-11)10-12-3-4-14(19)13(18)7-12;1-4(6)5(2)3/h3-4,7-8H,2,5-6,9-10H2,1H3,(H,20,23);1-3H3. The molecule has 1 aliphatic rings. The van der Waals surface area contributed by atoms with Crippen molar-refractivity contribution < 1.29 is 28.3 Å². The second-order valence-corrected chi connectivity index (χ2v) is 7.28. The number of halogens is 2. The lowest BCUT2D eigenvalue weighted by atomic mass is 10.1. The fourth-order valence-electron chi connectivity index (χ4n) is 2.34. The second-order valence-electron chi connectivity index (χ2n) is 6.88. The van der Waals surface area contributed by atoms with E-state index >= 15 is 0 Å². The van der Waals surface area contributed by atoms with Gasteiger partial charge in [-0.1, -0.05) is 17.7 Å². The molecule has 1 N–H and O–H groups in total. The molecule has 0 saturated carbocycles. The zero-order valence-corrected chi connectivity index (χ0v) is 18.8. The van der Waals surface area contributed by atoms with Crippen LogP contribution >= 0.6 is 11.6 Å². The van der Waals surface area contributed by atoms with Crippen LogP contribution in [0.25, 0.3) is 0 Å². The molecule has 2 rings (SSSR count). The molecule has 1 heterocycles. The molecule has 0 saturated heterocycles. The smallest absolute Gasteiger partial charge is 0.396 e. The Morgan fingerprint density at radius 2 is 1.94 bits per heavy atom. The van der Waals surface area contributed by atoms with Crippen LogP contribution < -0.4 is 5.32 Å². The van der Waals surface area contributed by atoms with Crippen LogP contribution in [0.3, 0.4) is 0 Å². The lowest BCUT2D eigenvalue weighted by Crippen LogP contribution is -2.38. The molecular weight excluding hydrogens is 429 g/mol. The molecule has 170 valence electrons. The topological polar surface area (TPSA) is 96.0 Å². The summed E-state index contributed by atoms with van der Waals surface area (Å²) in [6.45, 7) is 4.14. The Labute approximate surface area is 186 Å². The van der Waals surface area contributed by atoms with Crippen molar-refractivity contribution in [1.82, 2.24) is 15.1 Å². The number of ether oxygens (including phenoxy) is 1. The quantitative estimate of drug-likeness (QED) is 0.540. The van der Waals surface area contributed by atoms with Crippen molar-refractivity contribution in [2.45, 2.75) is 26.8 Å². The third kappa shape index (κ3) is 9.17. The lowest BCUT2D eigenvalue weighted by Gasteiger charge is -2.26. The number of nitrogens with zero attached hydrogens (tertiary/aromatic N) is 2. The van der Waals surface area contributed by atoms with Gasteiger partial charge in [0.15, 0.2) is 0 Å². The zero-order valence-electron chi connectivity index (χ0n) is 18.0. The molecule has 0 aliphatic carbocycles. The molecule has 0 aromatic heterocycles. The molecule has 1 aliphatic heterocycles. The van der Waals surface area contributed by atoms with Gasteiger partial charge in [0.05, 0.1) is 11.6 Å². The predicted molar refractivity (Wildman–Crippen MR) is 114 cm³/mol. The maximum atomic E-state index is 13.2. The molecule has 0 bridgehead atoms. The van der Waals surface area contributed by atoms with E-state index in [0.717, 1.165) is 11.1 Å². The first-order valence-electron chi connectivity index (χ1n) is 9.60. The van der Waals surface area contributed by atoms with Gasteiger partial charge in [0.25, 0.3) is 0 Å². The minimum Gasteiger partial charge on any atom is -0.459 e. The number of hydrogen-bond donors (Lipinski definition) is 1. The number of carbonyl (C=O) groups is 4. The summed E-state index contributed by atoms with van der Waals surface area (Å²) in [5.41, 5.74) is 1.45. The summed E-state index contributed by atoms with van der Waals surface area (Å²) in [4.78, 5) is 48.1. The van der Waals surface area contributed by atoms with E-state index in [9.17, 15) is 23.6 Å². The monoisotopic (exact) mass is 455 g/mol. The highest BCUT2D eigenvalue weighted by Gasteiger charge is 2.20. The van der Waals surface area contributed by atoms with Crippen molar-refractivity contribution in [3.05, 3.63) is 46.3 Å². The molecule has 3 amide bonds. The van der Waals surface area contributed by atoms with E-state index in [-0.39, 0.29) is 30.0 Å². The third-order valence-corrected chi connectivity index (χ3v) is 4.56. The highest BCUT2D eigenvalue weighted by atomic mass is 35.5. The third-order valence-electron chi connectivity index (χ3n) is 4.27. The van der Waals surface area contributed by atoms with Gasteiger partial charge in [-0.25, -0.2) is 9.18 Å². The molecule has 0 fully saturated rings. The van der Waals surface area contributed by atoms with Crippen LogP contribution in [0.1, 0.15) is 25.8 Å². The molecule has 0 spiro atoms. The van der Waals surface area contributed by atoms with Crippen LogP contribution in [0.5, 0.6) is 0 Å². The van der Waals surface area contributed by atoms with Gasteiger partial charge in [0.1, 0.15) is 5.82 Å². The second kappa shape index (κ2) is 12.7. The lowest BCUT2D eigenvalue weighted by molar-refractivity contribution is -0.154. The Balaban J connectivity index is 0.000000703. The fourth-order valence-corrected chi connectivity index (χ4v) is 2.55. The van der Waals surface area contributed by atoms with Gasteiger partial charge in [-0.2, -0.15) is 0 Å². The molecule has 1 aromatic carbocycles. The van der Waals surface area contributed by atoms with Crippen LogP contribution in [0, 0.1) is 5.82 Å². The van der Waals surface area contributed by atoms with E-state index in [4.69, 9.17) is 11.6 Å². The number of hydrogen-bond acceptors (Lipinski definition) is 5. The van der Waals surface area contributed by atoms with E-state index in [1.54, 1.807) is 32.0 Å². The Morgan fingerprint density at radius 1 is 1.29 bits per heavy atom. The summed E-state index contributed by atoms with van der Waals surface area (Å²) < 4.78 is 17.8. The summed E-state index contributed by atoms with van der Waals surface area (Å²) in [5.74, 6) is -2.41. The van der Waals surface area contributed by atoms with Crippen LogP contribution in [-0.4, -0.2) is 67.3 Å². The molecule has 0 unspecified atom stereocenters. The van der Waals surface area contributed by atoms with E-state index < -0.39 is 17.7 Å². The van der Waals surface area contributed by atoms with Crippen molar-refractivity contribution in [1.29, 1.82) is 0 Å². The molecule has 0 atom stereocenters. The number of esters is 1. The van der Waals surface area contributed by atoms with Gasteiger partial charge in [-0.15, -0.1) is 0 Å². The molecule has 1 aromatic rings. The Kier molecular flexibility index (Phi) is 10.7. The van der Waals surface area contributed by atoms with Gasteiger partial charge < -0.3 is 19.9 Å². The van der Waals surface area contributed by atoms with E-state index in [2.05, 4.69) is 10.1 Å². The number of nitrogens with one attached hydrogen (secondary N) is 1. The minimum atomic E-state index is -0.944. The van der Waals surface area contributed by atoms with Crippen LogP contribution in [0.15, 0.2) is 29.8 Å². The first-order chi connectivity index (χ1) is 14.5. The molecule has 10 heteroatoms. The first-order valence-corrected chi connectivity index (χ1v) is 9.98. The first kappa shape index (κ1) is 26.1. The number of amides is 3. The van der Waals surface area contributed by atoms with Crippen molar-refractivity contribution in [3.63, 3.8) is 0 Å². The van der Waals surface area contributed by atoms with Gasteiger partial charge >= 0.3 is 11.9 Å². The summed E-state index contributed by atoms with van der Waals surface area (Å²) in [7, 11) is 3.45. The number of rotatable bonds is 5. The number of carbonyl (C=O) groups excluding carboxylic acids is 4. The normalized spacial score (nSPS) is 12.9. The molecular formula is C21H27ClFN3O5. The Morgan fingerprint density at radius 3 is 2.45 bits per heavy atom. The van der Waals surface area contributed by atoms with Gasteiger partial charge in [0.2, 0.25) is 11.8 Å². The van der Waals surface area contributed by atoms with Crippen molar-refractivity contribution in [2.75, 3.05) is 33.8 Å². The average molecular weight is 456 g/mol. The van der Waals surface area contributed by atoms with Crippen LogP contribution in [-0.2, 0) is 30.5 Å². The Hall–Kier alpha value is -2.94. The van der Waals surface area contributed by atoms with Gasteiger partial charge in [-0.3, -0.25) is 14.4 Å². The average Bonchev–Trinajstić information content (AvgIpc) is 2.71. The summed E-state index contributed by atoms with van der Waals surface area (Å²) >= 11 is 5.74. The fraction of sp³-hybridized carbons (Fsp3) is 0.429. The largest absolute Gasteiger partial charge is 0.459 e. The van der Waals surface area contributed by atoms with Crippen LogP contribution in [0.2, 0.25) is 5.02 Å². The van der Waals surface area contributed by atoms with Crippen LogP contribution in [0.4, 0.5) is 4.39 Å². The minimum absolute atomic E-state index is 0.0138. The maximum absolute atomic E-state index is 13.2. The summed E-state index contributed by atoms with van der Waals surface area (Å²) in [6.07, 6.45) is 1.99. The molecule has 31 heavy (non-hydrogen) atoms. The summed E-state index contributed by atoms with van der Waals surface area (Å²) in [6, 6.07) is 4.33. The Bertz CT molecular complexity index is 857. The van der Waals surface area contributed by atoms with Crippen molar-refractivity contribution >= 4 is 35.3 Å². The number of benzene rings is 1. The SMILES string of the molecule is CC(=O)N(C)C.CCOC(=O)C(=O)NCC1=CC(=O)N(Cc2ccc(F)c(Cl)c2)CC1. The molecule has 8 nitrogen and oxygen atoms in total. The zero-order chi connectivity index (χ0) is 23.6. The van der Waals surface area contributed by atoms with E-state index in [0.29, 0.717) is 19.5 Å². The van der Waals surface area contributed by atoms with Gasteiger partial charge in [0, 0.05) is 46.7 Å². The predicted octanol–water partition coefficient (Wildman–Crippen LogP) is 1.91. The maximum Gasteiger partial charge on any atom is 0.396 e. The summed E-state index contributed by atoms with van der Waals surface area (Å²) in [5, 5.41) is 2.44. The molecule has 0 radical (unpaired) electrons. The van der Waals surface area contributed by atoms with E-state index in [1.165, 1.54) is 30.0 Å². The van der Waals surface area contributed by atoms with E-state index in [1.807, 2.05) is 0 Å².